The zero-order valence-electron chi connectivity index (χ0n) is 26.4. The van der Waals surface area contributed by atoms with E-state index in [9.17, 15) is 14.4 Å². The highest BCUT2D eigenvalue weighted by atomic mass is 16.6. The number of hydrogen-bond donors (Lipinski definition) is 2. The van der Waals surface area contributed by atoms with E-state index in [1.54, 1.807) is 31.7 Å². The first-order valence-electron chi connectivity index (χ1n) is 15.3. The van der Waals surface area contributed by atoms with Gasteiger partial charge >= 0.3 is 6.09 Å². The normalized spacial score (nSPS) is 12.7. The minimum absolute atomic E-state index is 0.232. The van der Waals surface area contributed by atoms with Gasteiger partial charge in [0.1, 0.15) is 17.7 Å². The van der Waals surface area contributed by atoms with Crippen molar-refractivity contribution >= 4 is 24.0 Å². The Kier molecular flexibility index (Phi) is 14.3. The van der Waals surface area contributed by atoms with Crippen LogP contribution < -0.4 is 10.6 Å². The molecule has 0 aromatic heterocycles. The zero-order valence-corrected chi connectivity index (χ0v) is 26.4. The van der Waals surface area contributed by atoms with Crippen LogP contribution in [0.4, 0.5) is 4.79 Å². The van der Waals surface area contributed by atoms with E-state index in [1.807, 2.05) is 68.4 Å². The number of rotatable bonds is 16. The molecule has 0 saturated carbocycles. The summed E-state index contributed by atoms with van der Waals surface area (Å²) >= 11 is 0. The summed E-state index contributed by atoms with van der Waals surface area (Å²) in [7, 11) is 0. The Morgan fingerprint density at radius 3 is 2.24 bits per heavy atom. The average Bonchev–Trinajstić information content (AvgIpc) is 2.95. The van der Waals surface area contributed by atoms with E-state index >= 15 is 0 Å². The number of nitrogens with zero attached hydrogens (tertiary/aromatic N) is 1. The molecule has 230 valence electrons. The van der Waals surface area contributed by atoms with Crippen molar-refractivity contribution in [1.82, 2.24) is 15.5 Å². The van der Waals surface area contributed by atoms with Crippen LogP contribution in [0.2, 0.25) is 0 Å². The molecule has 0 spiro atoms. The lowest BCUT2D eigenvalue weighted by Gasteiger charge is -2.36. The Labute approximate surface area is 253 Å². The van der Waals surface area contributed by atoms with Crippen LogP contribution in [-0.2, 0) is 20.9 Å². The number of ether oxygens (including phenoxy) is 1. The minimum Gasteiger partial charge on any atom is -0.444 e. The number of benzene rings is 2. The maximum Gasteiger partial charge on any atom is 0.408 e. The van der Waals surface area contributed by atoms with Gasteiger partial charge in [-0.15, -0.1) is 0 Å². The largest absolute Gasteiger partial charge is 0.444 e. The maximum absolute atomic E-state index is 14.4. The van der Waals surface area contributed by atoms with Gasteiger partial charge in [-0.05, 0) is 55.9 Å². The third-order valence-corrected chi connectivity index (χ3v) is 6.97. The summed E-state index contributed by atoms with van der Waals surface area (Å²) in [5.41, 5.74) is 1.80. The molecule has 3 amide bonds. The van der Waals surface area contributed by atoms with Gasteiger partial charge < -0.3 is 20.3 Å². The molecule has 0 aliphatic rings. The minimum atomic E-state index is -0.890. The second-order valence-electron chi connectivity index (χ2n) is 12.1. The van der Waals surface area contributed by atoms with Crippen molar-refractivity contribution in [2.24, 2.45) is 5.92 Å². The molecule has 2 atom stereocenters. The third kappa shape index (κ3) is 11.7. The van der Waals surface area contributed by atoms with Crippen molar-refractivity contribution in [3.63, 3.8) is 0 Å². The van der Waals surface area contributed by atoms with Crippen LogP contribution in [0.5, 0.6) is 0 Å². The number of nitrogens with one attached hydrogen (secondary N) is 2. The molecule has 0 bridgehead atoms. The Hall–Kier alpha value is -3.61. The van der Waals surface area contributed by atoms with Crippen LogP contribution in [0.3, 0.4) is 0 Å². The van der Waals surface area contributed by atoms with Gasteiger partial charge in [0.05, 0.1) is 0 Å². The molecule has 2 unspecified atom stereocenters. The number of amides is 3. The highest BCUT2D eigenvalue weighted by Gasteiger charge is 2.37. The van der Waals surface area contributed by atoms with E-state index < -0.39 is 23.8 Å². The number of carbonyl (C=O) groups is 3. The molecule has 0 radical (unpaired) electrons. The molecule has 2 rings (SSSR count). The molecule has 0 aliphatic carbocycles. The van der Waals surface area contributed by atoms with Gasteiger partial charge in [-0.3, -0.25) is 9.59 Å². The molecule has 0 heterocycles. The fraction of sp³-hybridized carbons (Fsp3) is 0.514. The molecular weight excluding hydrogens is 526 g/mol. The lowest BCUT2D eigenvalue weighted by atomic mass is 9.97. The topological polar surface area (TPSA) is 87.7 Å². The standard InChI is InChI=1S/C35H51N3O4/c1-8-10-11-12-13-17-23-38(33(40)30(26(3)4)37-34(41)42-35(5,6)7)31(29-22-18-21-27(9-2)24-29)32(39)36-25-28-19-15-14-16-20-28/h9,14-16,18-22,24,26,30-31H,2,8,10-13,17,23,25H2,1,3-7H3,(H,36,39)(H,37,41). The van der Waals surface area contributed by atoms with Crippen molar-refractivity contribution in [1.29, 1.82) is 0 Å². The fourth-order valence-electron chi connectivity index (χ4n) is 4.77. The maximum atomic E-state index is 14.4. The van der Waals surface area contributed by atoms with Crippen molar-refractivity contribution in [3.05, 3.63) is 77.9 Å². The number of alkyl carbamates (subject to hydrolysis) is 1. The monoisotopic (exact) mass is 577 g/mol. The molecule has 2 aromatic carbocycles. The lowest BCUT2D eigenvalue weighted by molar-refractivity contribution is -0.143. The van der Waals surface area contributed by atoms with E-state index in [-0.39, 0.29) is 17.7 Å². The summed E-state index contributed by atoms with van der Waals surface area (Å²) in [6, 6.07) is 15.5. The highest BCUT2D eigenvalue weighted by molar-refractivity contribution is 5.92. The van der Waals surface area contributed by atoms with Crippen LogP contribution >= 0.6 is 0 Å². The first-order valence-corrected chi connectivity index (χ1v) is 15.3. The quantitative estimate of drug-likeness (QED) is 0.203. The lowest BCUT2D eigenvalue weighted by Crippen LogP contribution is -2.55. The van der Waals surface area contributed by atoms with E-state index in [0.717, 1.165) is 43.2 Å². The van der Waals surface area contributed by atoms with Gasteiger partial charge in [-0.25, -0.2) is 4.79 Å². The van der Waals surface area contributed by atoms with Gasteiger partial charge in [-0.2, -0.15) is 0 Å². The second-order valence-corrected chi connectivity index (χ2v) is 12.1. The molecule has 0 aliphatic heterocycles. The summed E-state index contributed by atoms with van der Waals surface area (Å²) in [4.78, 5) is 42.8. The van der Waals surface area contributed by atoms with Crippen LogP contribution in [0.25, 0.3) is 6.08 Å². The van der Waals surface area contributed by atoms with Crippen LogP contribution in [-0.4, -0.2) is 41.0 Å². The van der Waals surface area contributed by atoms with Gasteiger partial charge in [0, 0.05) is 13.1 Å². The Morgan fingerprint density at radius 1 is 0.952 bits per heavy atom. The summed E-state index contributed by atoms with van der Waals surface area (Å²) in [6.07, 6.45) is 7.29. The summed E-state index contributed by atoms with van der Waals surface area (Å²) in [6.45, 7) is 15.9. The summed E-state index contributed by atoms with van der Waals surface area (Å²) < 4.78 is 5.48. The molecule has 2 aromatic rings. The average molecular weight is 578 g/mol. The third-order valence-electron chi connectivity index (χ3n) is 6.97. The first-order chi connectivity index (χ1) is 20.0. The number of hydrogen-bond acceptors (Lipinski definition) is 4. The van der Waals surface area contributed by atoms with Crippen LogP contribution in [0.15, 0.2) is 61.2 Å². The van der Waals surface area contributed by atoms with E-state index in [2.05, 4.69) is 24.1 Å². The highest BCUT2D eigenvalue weighted by Crippen LogP contribution is 2.26. The van der Waals surface area contributed by atoms with Crippen LogP contribution in [0.1, 0.15) is 103 Å². The molecule has 7 nitrogen and oxygen atoms in total. The smallest absolute Gasteiger partial charge is 0.408 e. The van der Waals surface area contributed by atoms with Crippen molar-refractivity contribution < 1.29 is 19.1 Å². The van der Waals surface area contributed by atoms with Crippen LogP contribution in [0, 0.1) is 5.92 Å². The second kappa shape index (κ2) is 17.4. The summed E-state index contributed by atoms with van der Waals surface area (Å²) in [5, 5.41) is 5.85. The van der Waals surface area contributed by atoms with E-state index in [0.29, 0.717) is 18.7 Å². The van der Waals surface area contributed by atoms with Gasteiger partial charge in [0.15, 0.2) is 0 Å². The fourth-order valence-corrected chi connectivity index (χ4v) is 4.77. The predicted octanol–water partition coefficient (Wildman–Crippen LogP) is 7.43. The van der Waals surface area contributed by atoms with Crippen molar-refractivity contribution in [3.8, 4) is 0 Å². The Bertz CT molecular complexity index is 1140. The Morgan fingerprint density at radius 2 is 1.62 bits per heavy atom. The van der Waals surface area contributed by atoms with Gasteiger partial charge in [0.2, 0.25) is 11.8 Å². The number of carbonyl (C=O) groups excluding carboxylic acids is 3. The molecular formula is C35H51N3O4. The SMILES string of the molecule is C=Cc1cccc(C(C(=O)NCc2ccccc2)N(CCCCCCCC)C(=O)C(NC(=O)OC(C)(C)C)C(C)C)c1. The van der Waals surface area contributed by atoms with Crippen molar-refractivity contribution in [2.45, 2.75) is 104 Å². The molecule has 0 fully saturated rings. The van der Waals surface area contributed by atoms with Gasteiger partial charge in [-0.1, -0.05) is 114 Å². The Balaban J connectivity index is 2.47. The van der Waals surface area contributed by atoms with Crippen molar-refractivity contribution in [2.75, 3.05) is 6.54 Å². The molecule has 2 N–H and O–H groups in total. The first kappa shape index (κ1) is 34.6. The molecule has 0 saturated heterocycles. The molecule has 7 heteroatoms. The van der Waals surface area contributed by atoms with Gasteiger partial charge in [0.25, 0.3) is 0 Å². The summed E-state index contributed by atoms with van der Waals surface area (Å²) in [5.74, 6) is -0.822. The van der Waals surface area contributed by atoms with E-state index in [4.69, 9.17) is 4.74 Å². The molecule has 42 heavy (non-hydrogen) atoms. The number of unbranched alkanes of at least 4 members (excludes halogenated alkanes) is 5. The zero-order chi connectivity index (χ0) is 31.1. The predicted molar refractivity (Wildman–Crippen MR) is 171 cm³/mol. The van der Waals surface area contributed by atoms with E-state index in [1.165, 1.54) is 6.42 Å².